The molecular formula is C14H15N3OS. The van der Waals surface area contributed by atoms with E-state index in [1.165, 1.54) is 5.69 Å². The van der Waals surface area contributed by atoms with Gasteiger partial charge in [0.25, 0.3) is 0 Å². The van der Waals surface area contributed by atoms with Crippen molar-refractivity contribution in [2.45, 2.75) is 25.4 Å². The average Bonchev–Trinajstić information content (AvgIpc) is 2.97. The Hall–Kier alpha value is -1.75. The average molecular weight is 273 g/mol. The molecule has 0 aliphatic carbocycles. The van der Waals surface area contributed by atoms with Crippen LogP contribution in [0.3, 0.4) is 0 Å². The summed E-state index contributed by atoms with van der Waals surface area (Å²) in [4.78, 5) is 4.61. The Morgan fingerprint density at radius 1 is 1.26 bits per heavy atom. The van der Waals surface area contributed by atoms with Gasteiger partial charge in [0, 0.05) is 23.7 Å². The van der Waals surface area contributed by atoms with Crippen molar-refractivity contribution >= 4 is 17.4 Å². The SMILES string of the molecule is Cc1cc(CSCc2cn3c(C)cccc3n2)on1. The maximum Gasteiger partial charge on any atom is 0.146 e. The molecule has 0 aromatic carbocycles. The molecule has 3 heterocycles. The standard InChI is InChI=1S/C14H15N3OS/c1-10-6-13(18-16-10)9-19-8-12-7-17-11(2)4-3-5-14(17)15-12/h3-7H,8-9H2,1-2H3. The van der Waals surface area contributed by atoms with Crippen molar-refractivity contribution in [3.05, 3.63) is 53.3 Å². The molecule has 98 valence electrons. The first-order chi connectivity index (χ1) is 9.22. The molecule has 0 bridgehead atoms. The summed E-state index contributed by atoms with van der Waals surface area (Å²) < 4.78 is 7.30. The van der Waals surface area contributed by atoms with Crippen LogP contribution in [0.1, 0.15) is 22.8 Å². The Kier molecular flexibility index (Phi) is 3.29. The molecule has 0 radical (unpaired) electrons. The number of hydrogen-bond donors (Lipinski definition) is 0. The van der Waals surface area contributed by atoms with Gasteiger partial charge in [-0.15, -0.1) is 11.8 Å². The van der Waals surface area contributed by atoms with Crippen molar-refractivity contribution < 1.29 is 4.52 Å². The maximum atomic E-state index is 5.18. The predicted octanol–water partition coefficient (Wildman–Crippen LogP) is 3.37. The summed E-state index contributed by atoms with van der Waals surface area (Å²) >= 11 is 1.78. The van der Waals surface area contributed by atoms with Crippen LogP contribution in [0.15, 0.2) is 35.0 Å². The lowest BCUT2D eigenvalue weighted by Crippen LogP contribution is -1.86. The number of nitrogens with zero attached hydrogens (tertiary/aromatic N) is 3. The quantitative estimate of drug-likeness (QED) is 0.731. The van der Waals surface area contributed by atoms with Crippen LogP contribution in [0, 0.1) is 13.8 Å². The zero-order chi connectivity index (χ0) is 13.2. The van der Waals surface area contributed by atoms with Crippen molar-refractivity contribution in [1.82, 2.24) is 14.5 Å². The first kappa shape index (κ1) is 12.3. The van der Waals surface area contributed by atoms with Gasteiger partial charge in [-0.25, -0.2) is 4.98 Å². The van der Waals surface area contributed by atoms with Gasteiger partial charge < -0.3 is 8.92 Å². The molecule has 0 spiro atoms. The topological polar surface area (TPSA) is 43.3 Å². The van der Waals surface area contributed by atoms with Crippen LogP contribution in [0.2, 0.25) is 0 Å². The van der Waals surface area contributed by atoms with Gasteiger partial charge in [0.15, 0.2) is 0 Å². The number of rotatable bonds is 4. The van der Waals surface area contributed by atoms with Gasteiger partial charge in [-0.2, -0.15) is 0 Å². The van der Waals surface area contributed by atoms with E-state index in [0.717, 1.165) is 34.3 Å². The highest BCUT2D eigenvalue weighted by Crippen LogP contribution is 2.19. The molecule has 0 saturated heterocycles. The molecule has 0 fully saturated rings. The van der Waals surface area contributed by atoms with Gasteiger partial charge in [0.05, 0.1) is 17.1 Å². The van der Waals surface area contributed by atoms with Crippen LogP contribution in [-0.4, -0.2) is 14.5 Å². The molecule has 3 aromatic heterocycles. The number of hydrogen-bond acceptors (Lipinski definition) is 4. The van der Waals surface area contributed by atoms with Gasteiger partial charge >= 0.3 is 0 Å². The van der Waals surface area contributed by atoms with E-state index in [-0.39, 0.29) is 0 Å². The molecule has 0 unspecified atom stereocenters. The van der Waals surface area contributed by atoms with Crippen LogP contribution in [-0.2, 0) is 11.5 Å². The minimum atomic E-state index is 0.827. The Morgan fingerprint density at radius 2 is 2.16 bits per heavy atom. The Balaban J connectivity index is 1.67. The Labute approximate surface area is 115 Å². The smallest absolute Gasteiger partial charge is 0.146 e. The lowest BCUT2D eigenvalue weighted by atomic mass is 10.4. The van der Waals surface area contributed by atoms with Gasteiger partial charge in [0.1, 0.15) is 11.4 Å². The summed E-state index contributed by atoms with van der Waals surface area (Å²) in [5, 5.41) is 3.88. The zero-order valence-electron chi connectivity index (χ0n) is 11.0. The normalized spacial score (nSPS) is 11.3. The lowest BCUT2D eigenvalue weighted by molar-refractivity contribution is 0.391. The largest absolute Gasteiger partial charge is 0.360 e. The second-order valence-electron chi connectivity index (χ2n) is 4.56. The summed E-state index contributed by atoms with van der Waals surface area (Å²) in [6.07, 6.45) is 2.10. The minimum Gasteiger partial charge on any atom is -0.360 e. The van der Waals surface area contributed by atoms with E-state index < -0.39 is 0 Å². The fourth-order valence-electron chi connectivity index (χ4n) is 2.01. The molecule has 5 heteroatoms. The summed E-state index contributed by atoms with van der Waals surface area (Å²) in [6.45, 7) is 4.02. The molecule has 3 rings (SSSR count). The third-order valence-electron chi connectivity index (χ3n) is 2.92. The van der Waals surface area contributed by atoms with Crippen molar-refractivity contribution in [2.75, 3.05) is 0 Å². The highest BCUT2D eigenvalue weighted by Gasteiger charge is 2.05. The summed E-state index contributed by atoms with van der Waals surface area (Å²) in [7, 11) is 0. The van der Waals surface area contributed by atoms with E-state index >= 15 is 0 Å². The molecule has 0 atom stereocenters. The van der Waals surface area contributed by atoms with Gasteiger partial charge in [-0.1, -0.05) is 11.2 Å². The number of imidazole rings is 1. The number of thioether (sulfide) groups is 1. The molecule has 0 amide bonds. The van der Waals surface area contributed by atoms with Gasteiger partial charge in [0.2, 0.25) is 0 Å². The van der Waals surface area contributed by atoms with Crippen molar-refractivity contribution in [3.63, 3.8) is 0 Å². The molecule has 0 saturated carbocycles. The summed E-state index contributed by atoms with van der Waals surface area (Å²) in [5.41, 5.74) is 4.23. The van der Waals surface area contributed by atoms with Crippen molar-refractivity contribution in [2.24, 2.45) is 0 Å². The third kappa shape index (κ3) is 2.66. The number of fused-ring (bicyclic) bond motifs is 1. The molecule has 3 aromatic rings. The minimum absolute atomic E-state index is 0.827. The monoisotopic (exact) mass is 273 g/mol. The lowest BCUT2D eigenvalue weighted by Gasteiger charge is -1.96. The van der Waals surface area contributed by atoms with Crippen LogP contribution in [0.4, 0.5) is 0 Å². The maximum absolute atomic E-state index is 5.18. The highest BCUT2D eigenvalue weighted by molar-refractivity contribution is 7.97. The van der Waals surface area contributed by atoms with Crippen LogP contribution >= 0.6 is 11.8 Å². The molecule has 19 heavy (non-hydrogen) atoms. The van der Waals surface area contributed by atoms with Gasteiger partial charge in [-0.3, -0.25) is 0 Å². The number of pyridine rings is 1. The molecular weight excluding hydrogens is 258 g/mol. The third-order valence-corrected chi connectivity index (χ3v) is 3.91. The second-order valence-corrected chi connectivity index (χ2v) is 5.54. The van der Waals surface area contributed by atoms with Crippen molar-refractivity contribution in [3.8, 4) is 0 Å². The fourth-order valence-corrected chi connectivity index (χ4v) is 2.80. The van der Waals surface area contributed by atoms with E-state index in [2.05, 4.69) is 33.7 Å². The fraction of sp³-hybridized carbons (Fsp3) is 0.286. The van der Waals surface area contributed by atoms with Crippen LogP contribution in [0.25, 0.3) is 5.65 Å². The zero-order valence-corrected chi connectivity index (χ0v) is 11.8. The van der Waals surface area contributed by atoms with Crippen LogP contribution in [0.5, 0.6) is 0 Å². The van der Waals surface area contributed by atoms with E-state index in [4.69, 9.17) is 4.52 Å². The Bertz CT molecular complexity index is 702. The molecule has 0 aliphatic rings. The van der Waals surface area contributed by atoms with E-state index in [0.29, 0.717) is 0 Å². The first-order valence-electron chi connectivity index (χ1n) is 6.16. The van der Waals surface area contributed by atoms with Gasteiger partial charge in [-0.05, 0) is 26.0 Å². The molecule has 0 aliphatic heterocycles. The summed E-state index contributed by atoms with van der Waals surface area (Å²) in [5.74, 6) is 2.62. The molecule has 4 nitrogen and oxygen atoms in total. The summed E-state index contributed by atoms with van der Waals surface area (Å²) in [6, 6.07) is 8.12. The van der Waals surface area contributed by atoms with E-state index in [9.17, 15) is 0 Å². The van der Waals surface area contributed by atoms with Crippen molar-refractivity contribution in [1.29, 1.82) is 0 Å². The first-order valence-corrected chi connectivity index (χ1v) is 7.31. The van der Waals surface area contributed by atoms with Crippen LogP contribution < -0.4 is 0 Å². The van der Waals surface area contributed by atoms with E-state index in [1.54, 1.807) is 11.8 Å². The Morgan fingerprint density at radius 3 is 2.89 bits per heavy atom. The number of aromatic nitrogens is 3. The highest BCUT2D eigenvalue weighted by atomic mass is 32.2. The predicted molar refractivity (Wildman–Crippen MR) is 76.2 cm³/mol. The number of aryl methyl sites for hydroxylation is 2. The van der Waals surface area contributed by atoms with E-state index in [1.807, 2.05) is 25.1 Å². The molecule has 0 N–H and O–H groups in total. The second kappa shape index (κ2) is 5.09.